The van der Waals surface area contributed by atoms with E-state index in [1.807, 2.05) is 13.8 Å². The molecule has 19 heavy (non-hydrogen) atoms. The predicted molar refractivity (Wildman–Crippen MR) is 74.6 cm³/mol. The van der Waals surface area contributed by atoms with Crippen LogP contribution < -0.4 is 0 Å². The summed E-state index contributed by atoms with van der Waals surface area (Å²) in [5, 5.41) is 9.09. The third-order valence-corrected chi connectivity index (χ3v) is 2.99. The number of amides is 1. The van der Waals surface area contributed by atoms with Gasteiger partial charge < -0.3 is 10.0 Å². The zero-order valence-corrected chi connectivity index (χ0v) is 11.8. The summed E-state index contributed by atoms with van der Waals surface area (Å²) >= 11 is 0. The summed E-state index contributed by atoms with van der Waals surface area (Å²) in [4.78, 5) is 25.2. The summed E-state index contributed by atoms with van der Waals surface area (Å²) in [7, 11) is 0. The number of aromatic carboxylic acids is 1. The molecule has 1 aromatic rings. The summed E-state index contributed by atoms with van der Waals surface area (Å²) in [6.07, 6.45) is 1.78. The monoisotopic (exact) mass is 263 g/mol. The first kappa shape index (κ1) is 15.2. The van der Waals surface area contributed by atoms with Crippen molar-refractivity contribution in [3.8, 4) is 0 Å². The Morgan fingerprint density at radius 2 is 1.74 bits per heavy atom. The zero-order chi connectivity index (χ0) is 14.4. The highest BCUT2D eigenvalue weighted by atomic mass is 16.4. The van der Waals surface area contributed by atoms with Crippen molar-refractivity contribution in [3.63, 3.8) is 0 Å². The second kappa shape index (κ2) is 6.92. The second-order valence-electron chi connectivity index (χ2n) is 4.63. The first-order valence-electron chi connectivity index (χ1n) is 6.64. The minimum Gasteiger partial charge on any atom is -0.478 e. The topological polar surface area (TPSA) is 57.6 Å². The number of carboxylic acid groups (broad SMARTS) is 1. The number of rotatable bonds is 6. The van der Waals surface area contributed by atoms with Crippen LogP contribution in [0.2, 0.25) is 0 Å². The van der Waals surface area contributed by atoms with Crippen LogP contribution in [0.25, 0.3) is 0 Å². The van der Waals surface area contributed by atoms with Gasteiger partial charge in [-0.1, -0.05) is 19.9 Å². The fourth-order valence-electron chi connectivity index (χ4n) is 2.02. The van der Waals surface area contributed by atoms with Gasteiger partial charge in [0.05, 0.1) is 5.56 Å². The summed E-state index contributed by atoms with van der Waals surface area (Å²) in [6.45, 7) is 7.17. The van der Waals surface area contributed by atoms with E-state index in [4.69, 9.17) is 5.11 Å². The van der Waals surface area contributed by atoms with Gasteiger partial charge in [-0.2, -0.15) is 0 Å². The molecule has 0 radical (unpaired) electrons. The number of carbonyl (C=O) groups excluding carboxylic acids is 1. The van der Waals surface area contributed by atoms with Gasteiger partial charge >= 0.3 is 5.97 Å². The molecule has 1 aromatic carbocycles. The van der Waals surface area contributed by atoms with Gasteiger partial charge in [-0.05, 0) is 37.5 Å². The molecule has 0 saturated heterocycles. The number of aryl methyl sites for hydroxylation is 1. The standard InChI is InChI=1S/C15H21NO3/c1-4-8-16(9-5-2)14(17)12-7-6-11(3)13(10-12)15(18)19/h6-7,10H,4-5,8-9H2,1-3H3,(H,18,19). The third kappa shape index (κ3) is 3.81. The Morgan fingerprint density at radius 1 is 1.16 bits per heavy atom. The molecule has 1 amide bonds. The quantitative estimate of drug-likeness (QED) is 0.858. The molecule has 0 unspecified atom stereocenters. The van der Waals surface area contributed by atoms with Crippen LogP contribution in [0.1, 0.15) is 53.0 Å². The van der Waals surface area contributed by atoms with E-state index in [2.05, 4.69) is 0 Å². The Balaban J connectivity index is 3.04. The van der Waals surface area contributed by atoms with Gasteiger partial charge in [0.25, 0.3) is 5.91 Å². The maximum absolute atomic E-state index is 12.3. The van der Waals surface area contributed by atoms with Crippen molar-refractivity contribution in [2.75, 3.05) is 13.1 Å². The summed E-state index contributed by atoms with van der Waals surface area (Å²) in [5.74, 6) is -1.09. The van der Waals surface area contributed by atoms with E-state index >= 15 is 0 Å². The van der Waals surface area contributed by atoms with E-state index in [1.165, 1.54) is 6.07 Å². The Morgan fingerprint density at radius 3 is 2.21 bits per heavy atom. The third-order valence-electron chi connectivity index (χ3n) is 2.99. The maximum atomic E-state index is 12.3. The second-order valence-corrected chi connectivity index (χ2v) is 4.63. The molecule has 0 heterocycles. The van der Waals surface area contributed by atoms with Crippen LogP contribution in [0.15, 0.2) is 18.2 Å². The molecule has 0 aliphatic carbocycles. The molecule has 0 aliphatic rings. The van der Waals surface area contributed by atoms with Gasteiger partial charge in [0.1, 0.15) is 0 Å². The van der Waals surface area contributed by atoms with Crippen LogP contribution in [-0.2, 0) is 0 Å². The van der Waals surface area contributed by atoms with Gasteiger partial charge in [0.15, 0.2) is 0 Å². The molecule has 4 heteroatoms. The molecule has 0 saturated carbocycles. The van der Waals surface area contributed by atoms with E-state index in [-0.39, 0.29) is 11.5 Å². The van der Waals surface area contributed by atoms with E-state index in [1.54, 1.807) is 24.0 Å². The fraction of sp³-hybridized carbons (Fsp3) is 0.467. The van der Waals surface area contributed by atoms with E-state index < -0.39 is 5.97 Å². The average molecular weight is 263 g/mol. The molecule has 4 nitrogen and oxygen atoms in total. The van der Waals surface area contributed by atoms with Crippen LogP contribution in [0.5, 0.6) is 0 Å². The largest absolute Gasteiger partial charge is 0.478 e. The molecular formula is C15H21NO3. The predicted octanol–water partition coefficient (Wildman–Crippen LogP) is 2.96. The Hall–Kier alpha value is -1.84. The summed E-state index contributed by atoms with van der Waals surface area (Å²) in [6, 6.07) is 4.85. The number of carbonyl (C=O) groups is 2. The molecule has 0 spiro atoms. The lowest BCUT2D eigenvalue weighted by molar-refractivity contribution is 0.0696. The Bertz CT molecular complexity index is 462. The summed E-state index contributed by atoms with van der Waals surface area (Å²) in [5.41, 5.74) is 1.31. The molecule has 1 N–H and O–H groups in total. The highest BCUT2D eigenvalue weighted by Gasteiger charge is 2.17. The van der Waals surface area contributed by atoms with E-state index in [0.717, 1.165) is 12.8 Å². The maximum Gasteiger partial charge on any atom is 0.335 e. The van der Waals surface area contributed by atoms with Crippen LogP contribution in [0, 0.1) is 6.92 Å². The van der Waals surface area contributed by atoms with Crippen molar-refractivity contribution >= 4 is 11.9 Å². The zero-order valence-electron chi connectivity index (χ0n) is 11.8. The lowest BCUT2D eigenvalue weighted by Gasteiger charge is -2.21. The Labute approximate surface area is 114 Å². The molecule has 0 fully saturated rings. The van der Waals surface area contributed by atoms with Crippen LogP contribution in [0.3, 0.4) is 0 Å². The highest BCUT2D eigenvalue weighted by molar-refractivity contribution is 5.98. The first-order valence-corrected chi connectivity index (χ1v) is 6.64. The number of hydrogen-bond acceptors (Lipinski definition) is 2. The van der Waals surface area contributed by atoms with Crippen molar-refractivity contribution in [1.82, 2.24) is 4.90 Å². The van der Waals surface area contributed by atoms with Crippen molar-refractivity contribution in [1.29, 1.82) is 0 Å². The van der Waals surface area contributed by atoms with Crippen LogP contribution >= 0.6 is 0 Å². The summed E-state index contributed by atoms with van der Waals surface area (Å²) < 4.78 is 0. The van der Waals surface area contributed by atoms with Crippen molar-refractivity contribution < 1.29 is 14.7 Å². The number of carboxylic acids is 1. The molecule has 1 rings (SSSR count). The van der Waals surface area contributed by atoms with Crippen molar-refractivity contribution in [3.05, 3.63) is 34.9 Å². The molecular weight excluding hydrogens is 242 g/mol. The molecule has 0 aliphatic heterocycles. The fourth-order valence-corrected chi connectivity index (χ4v) is 2.02. The first-order chi connectivity index (χ1) is 9.01. The SMILES string of the molecule is CCCN(CCC)C(=O)c1ccc(C)c(C(=O)O)c1. The average Bonchev–Trinajstić information content (AvgIpc) is 2.38. The number of hydrogen-bond donors (Lipinski definition) is 1. The van der Waals surface area contributed by atoms with Gasteiger partial charge in [-0.3, -0.25) is 4.79 Å². The van der Waals surface area contributed by atoms with Crippen molar-refractivity contribution in [2.45, 2.75) is 33.6 Å². The van der Waals surface area contributed by atoms with Gasteiger partial charge in [-0.15, -0.1) is 0 Å². The van der Waals surface area contributed by atoms with Crippen LogP contribution in [0.4, 0.5) is 0 Å². The lowest BCUT2D eigenvalue weighted by Crippen LogP contribution is -2.32. The lowest BCUT2D eigenvalue weighted by atomic mass is 10.0. The highest BCUT2D eigenvalue weighted by Crippen LogP contribution is 2.14. The Kier molecular flexibility index (Phi) is 5.55. The van der Waals surface area contributed by atoms with Gasteiger partial charge in [-0.25, -0.2) is 4.79 Å². The van der Waals surface area contributed by atoms with Crippen LogP contribution in [-0.4, -0.2) is 35.0 Å². The number of nitrogens with zero attached hydrogens (tertiary/aromatic N) is 1. The van der Waals surface area contributed by atoms with Gasteiger partial charge in [0, 0.05) is 18.7 Å². The minimum atomic E-state index is -0.996. The molecule has 104 valence electrons. The molecule has 0 aromatic heterocycles. The smallest absolute Gasteiger partial charge is 0.335 e. The molecule has 0 atom stereocenters. The van der Waals surface area contributed by atoms with Crippen molar-refractivity contribution in [2.24, 2.45) is 0 Å². The van der Waals surface area contributed by atoms with E-state index in [9.17, 15) is 9.59 Å². The van der Waals surface area contributed by atoms with E-state index in [0.29, 0.717) is 24.2 Å². The molecule has 0 bridgehead atoms. The minimum absolute atomic E-state index is 0.0915. The number of benzene rings is 1. The van der Waals surface area contributed by atoms with Gasteiger partial charge in [0.2, 0.25) is 0 Å². The normalized spacial score (nSPS) is 10.3.